The van der Waals surface area contributed by atoms with E-state index in [0.29, 0.717) is 0 Å². The van der Waals surface area contributed by atoms with Gasteiger partial charge in [-0.2, -0.15) is 13.2 Å². The van der Waals surface area contributed by atoms with Crippen molar-refractivity contribution in [3.05, 3.63) is 65.2 Å². The Morgan fingerprint density at radius 1 is 1.00 bits per heavy atom. The highest BCUT2D eigenvalue weighted by Crippen LogP contribution is 2.30. The molecule has 2 aromatic rings. The van der Waals surface area contributed by atoms with Crippen LogP contribution in [-0.2, 0) is 22.3 Å². The van der Waals surface area contributed by atoms with Crippen molar-refractivity contribution in [1.29, 1.82) is 0 Å². The van der Waals surface area contributed by atoms with Gasteiger partial charge in [-0.3, -0.25) is 9.59 Å². The predicted molar refractivity (Wildman–Crippen MR) is 87.7 cm³/mol. The third-order valence-corrected chi connectivity index (χ3v) is 3.37. The van der Waals surface area contributed by atoms with Gasteiger partial charge in [0.25, 0.3) is 0 Å². The second kappa shape index (κ2) is 7.83. The number of nitrogens with one attached hydrogen (secondary N) is 2. The van der Waals surface area contributed by atoms with Crippen molar-refractivity contribution in [2.75, 3.05) is 5.32 Å². The average Bonchev–Trinajstić information content (AvgIpc) is 2.52. The lowest BCUT2D eigenvalue weighted by molar-refractivity contribution is -0.137. The first kappa shape index (κ1) is 18.5. The Balaban J connectivity index is 1.86. The molecule has 2 aromatic carbocycles. The van der Waals surface area contributed by atoms with Gasteiger partial charge in [-0.15, -0.1) is 0 Å². The summed E-state index contributed by atoms with van der Waals surface area (Å²) in [6.07, 6.45) is -4.96. The third kappa shape index (κ3) is 5.95. The molecule has 0 heterocycles. The molecule has 0 aliphatic rings. The molecule has 0 atom stereocenters. The van der Waals surface area contributed by atoms with E-state index in [1.54, 1.807) is 0 Å². The highest BCUT2D eigenvalue weighted by Gasteiger charge is 2.30. The highest BCUT2D eigenvalue weighted by atomic mass is 19.4. The first-order valence-corrected chi connectivity index (χ1v) is 7.53. The van der Waals surface area contributed by atoms with Crippen molar-refractivity contribution in [3.63, 3.8) is 0 Å². The van der Waals surface area contributed by atoms with Gasteiger partial charge in [0.05, 0.1) is 5.56 Å². The first-order chi connectivity index (χ1) is 11.7. The Kier molecular flexibility index (Phi) is 5.80. The summed E-state index contributed by atoms with van der Waals surface area (Å²) in [4.78, 5) is 23.6. The summed E-state index contributed by atoms with van der Waals surface area (Å²) in [7, 11) is 0. The molecule has 0 aromatic heterocycles. The summed E-state index contributed by atoms with van der Waals surface area (Å²) in [5.74, 6) is -1.19. The van der Waals surface area contributed by atoms with Gasteiger partial charge in [0.15, 0.2) is 0 Å². The van der Waals surface area contributed by atoms with Crippen molar-refractivity contribution >= 4 is 17.5 Å². The van der Waals surface area contributed by atoms with Gasteiger partial charge in [0, 0.05) is 12.2 Å². The van der Waals surface area contributed by atoms with Gasteiger partial charge < -0.3 is 10.6 Å². The van der Waals surface area contributed by atoms with Crippen LogP contribution in [0.3, 0.4) is 0 Å². The average molecular weight is 350 g/mol. The Morgan fingerprint density at radius 2 is 1.72 bits per heavy atom. The fraction of sp³-hybridized carbons (Fsp3) is 0.222. The van der Waals surface area contributed by atoms with Crippen LogP contribution in [0.15, 0.2) is 48.5 Å². The van der Waals surface area contributed by atoms with Crippen molar-refractivity contribution in [2.45, 2.75) is 26.1 Å². The molecule has 7 heteroatoms. The van der Waals surface area contributed by atoms with E-state index in [4.69, 9.17) is 0 Å². The van der Waals surface area contributed by atoms with Gasteiger partial charge >= 0.3 is 6.18 Å². The van der Waals surface area contributed by atoms with E-state index in [1.807, 2.05) is 31.2 Å². The molecule has 2 rings (SSSR count). The van der Waals surface area contributed by atoms with E-state index < -0.39 is 30.0 Å². The minimum atomic E-state index is -4.49. The number of aryl methyl sites for hydroxylation is 1. The van der Waals surface area contributed by atoms with Gasteiger partial charge in [-0.25, -0.2) is 0 Å². The standard InChI is InChI=1S/C18H17F3N2O2/c1-12-4-2-5-13(8-12)11-22-16(24)10-17(25)23-15-7-3-6-14(9-15)18(19,20)21/h2-9H,10-11H2,1H3,(H,22,24)(H,23,25). The predicted octanol–water partition coefficient (Wildman–Crippen LogP) is 3.66. The van der Waals surface area contributed by atoms with Crippen molar-refractivity contribution in [2.24, 2.45) is 0 Å². The molecule has 0 aliphatic carbocycles. The summed E-state index contributed by atoms with van der Waals surface area (Å²) in [5, 5.41) is 4.89. The van der Waals surface area contributed by atoms with Crippen LogP contribution < -0.4 is 10.6 Å². The van der Waals surface area contributed by atoms with E-state index in [0.717, 1.165) is 23.3 Å². The lowest BCUT2D eigenvalue weighted by Crippen LogP contribution is -2.27. The normalized spacial score (nSPS) is 11.0. The van der Waals surface area contributed by atoms with Crippen LogP contribution in [-0.4, -0.2) is 11.8 Å². The molecule has 0 spiro atoms. The van der Waals surface area contributed by atoms with Gasteiger partial charge in [-0.05, 0) is 30.7 Å². The van der Waals surface area contributed by atoms with Crippen LogP contribution in [0.1, 0.15) is 23.1 Å². The summed E-state index contributed by atoms with van der Waals surface area (Å²) in [6.45, 7) is 2.20. The molecule has 0 unspecified atom stereocenters. The smallest absolute Gasteiger partial charge is 0.352 e. The highest BCUT2D eigenvalue weighted by molar-refractivity contribution is 6.03. The maximum Gasteiger partial charge on any atom is 0.416 e. The number of amides is 2. The third-order valence-electron chi connectivity index (χ3n) is 3.37. The number of carbonyl (C=O) groups is 2. The first-order valence-electron chi connectivity index (χ1n) is 7.53. The summed E-state index contributed by atoms with van der Waals surface area (Å²) < 4.78 is 37.9. The molecule has 0 saturated heterocycles. The van der Waals surface area contributed by atoms with E-state index in [9.17, 15) is 22.8 Å². The second-order valence-corrected chi connectivity index (χ2v) is 5.57. The maximum absolute atomic E-state index is 12.6. The van der Waals surface area contributed by atoms with Gasteiger partial charge in [0.1, 0.15) is 6.42 Å². The second-order valence-electron chi connectivity index (χ2n) is 5.57. The van der Waals surface area contributed by atoms with E-state index in [1.165, 1.54) is 12.1 Å². The number of hydrogen-bond acceptors (Lipinski definition) is 2. The number of carbonyl (C=O) groups excluding carboxylic acids is 2. The number of benzene rings is 2. The van der Waals surface area contributed by atoms with Crippen LogP contribution in [0.2, 0.25) is 0 Å². The summed E-state index contributed by atoms with van der Waals surface area (Å²) in [6, 6.07) is 11.8. The molecule has 2 N–H and O–H groups in total. The molecule has 2 amide bonds. The Bertz CT molecular complexity index is 773. The van der Waals surface area contributed by atoms with Crippen LogP contribution in [0.25, 0.3) is 0 Å². The van der Waals surface area contributed by atoms with Crippen molar-refractivity contribution < 1.29 is 22.8 Å². The molecule has 0 radical (unpaired) electrons. The largest absolute Gasteiger partial charge is 0.416 e. The molecule has 132 valence electrons. The lowest BCUT2D eigenvalue weighted by atomic mass is 10.1. The lowest BCUT2D eigenvalue weighted by Gasteiger charge is -2.10. The zero-order chi connectivity index (χ0) is 18.4. The van der Waals surface area contributed by atoms with Crippen LogP contribution in [0.5, 0.6) is 0 Å². The van der Waals surface area contributed by atoms with E-state index >= 15 is 0 Å². The zero-order valence-corrected chi connectivity index (χ0v) is 13.5. The quantitative estimate of drug-likeness (QED) is 0.809. The number of anilines is 1. The number of alkyl halides is 3. The number of halogens is 3. The minimum absolute atomic E-state index is 0.00805. The molecule has 4 nitrogen and oxygen atoms in total. The fourth-order valence-corrected chi connectivity index (χ4v) is 2.21. The van der Waals surface area contributed by atoms with Crippen LogP contribution in [0, 0.1) is 6.92 Å². The molecular weight excluding hydrogens is 333 g/mol. The zero-order valence-electron chi connectivity index (χ0n) is 13.5. The molecule has 0 fully saturated rings. The molecule has 25 heavy (non-hydrogen) atoms. The van der Waals surface area contributed by atoms with Crippen molar-refractivity contribution in [3.8, 4) is 0 Å². The molecule has 0 saturated carbocycles. The van der Waals surface area contributed by atoms with Crippen LogP contribution in [0.4, 0.5) is 18.9 Å². The number of rotatable bonds is 5. The number of hydrogen-bond donors (Lipinski definition) is 2. The Morgan fingerprint density at radius 3 is 2.40 bits per heavy atom. The van der Waals surface area contributed by atoms with Crippen LogP contribution >= 0.6 is 0 Å². The SMILES string of the molecule is Cc1cccc(CNC(=O)CC(=O)Nc2cccc(C(F)(F)F)c2)c1. The Hall–Kier alpha value is -2.83. The molecule has 0 aliphatic heterocycles. The van der Waals surface area contributed by atoms with Gasteiger partial charge in [-0.1, -0.05) is 35.9 Å². The maximum atomic E-state index is 12.6. The summed E-state index contributed by atoms with van der Waals surface area (Å²) in [5.41, 5.74) is 1.07. The van der Waals surface area contributed by atoms with Gasteiger partial charge in [0.2, 0.25) is 11.8 Å². The molecule has 0 bridgehead atoms. The van der Waals surface area contributed by atoms with E-state index in [-0.39, 0.29) is 12.2 Å². The minimum Gasteiger partial charge on any atom is -0.352 e. The topological polar surface area (TPSA) is 58.2 Å². The fourth-order valence-electron chi connectivity index (χ4n) is 2.21. The molecular formula is C18H17F3N2O2. The van der Waals surface area contributed by atoms with Crippen molar-refractivity contribution in [1.82, 2.24) is 5.32 Å². The monoisotopic (exact) mass is 350 g/mol. The summed E-state index contributed by atoms with van der Waals surface area (Å²) >= 11 is 0. The van der Waals surface area contributed by atoms with E-state index in [2.05, 4.69) is 10.6 Å². The Labute approximate surface area is 143 Å².